The molecule has 3 aromatic rings. The quantitative estimate of drug-likeness (QED) is 0.533. The fraction of sp³-hybridized carbons (Fsp3) is 0.0714. The average molecular weight is 379 g/mol. The Morgan fingerprint density at radius 1 is 1.33 bits per heavy atom. The standard InChI is InChI=1S/C14H11BrN4S2/c1-9-6-7-10(21-9)8-16-19-13(17-18-14(19)20)11-4-2-3-5-12(11)15/h2-8H,1H3,(H,18,20)/b16-8-. The predicted octanol–water partition coefficient (Wildman–Crippen LogP) is 4.62. The molecule has 0 bridgehead atoms. The molecule has 0 fully saturated rings. The number of thiophene rings is 1. The summed E-state index contributed by atoms with van der Waals surface area (Å²) >= 11 is 10.5. The van der Waals surface area contributed by atoms with Crippen molar-refractivity contribution in [1.29, 1.82) is 0 Å². The number of benzene rings is 1. The summed E-state index contributed by atoms with van der Waals surface area (Å²) in [6, 6.07) is 11.9. The first-order valence-corrected chi connectivity index (χ1v) is 8.20. The molecule has 0 amide bonds. The summed E-state index contributed by atoms with van der Waals surface area (Å²) in [4.78, 5) is 2.33. The van der Waals surface area contributed by atoms with Crippen LogP contribution in [0.3, 0.4) is 0 Å². The largest absolute Gasteiger partial charge is 0.250 e. The zero-order chi connectivity index (χ0) is 14.8. The van der Waals surface area contributed by atoms with Crippen LogP contribution in [-0.2, 0) is 0 Å². The van der Waals surface area contributed by atoms with E-state index in [-0.39, 0.29) is 0 Å². The van der Waals surface area contributed by atoms with Crippen molar-refractivity contribution in [3.8, 4) is 11.4 Å². The second-order valence-corrected chi connectivity index (χ2v) is 6.90. The van der Waals surface area contributed by atoms with Gasteiger partial charge in [0.2, 0.25) is 4.77 Å². The molecular weight excluding hydrogens is 368 g/mol. The number of rotatable bonds is 3. The molecule has 2 aromatic heterocycles. The van der Waals surface area contributed by atoms with Crippen LogP contribution in [-0.4, -0.2) is 21.1 Å². The van der Waals surface area contributed by atoms with Gasteiger partial charge in [0.25, 0.3) is 0 Å². The molecule has 1 aromatic carbocycles. The third-order valence-electron chi connectivity index (χ3n) is 2.83. The normalized spacial score (nSPS) is 11.3. The molecule has 2 heterocycles. The van der Waals surface area contributed by atoms with Gasteiger partial charge in [0.15, 0.2) is 5.82 Å². The third-order valence-corrected chi connectivity index (χ3v) is 4.72. The van der Waals surface area contributed by atoms with Gasteiger partial charge in [-0.25, -0.2) is 5.10 Å². The van der Waals surface area contributed by atoms with Gasteiger partial charge in [-0.2, -0.15) is 14.9 Å². The van der Waals surface area contributed by atoms with E-state index in [1.54, 1.807) is 22.2 Å². The number of aryl methyl sites for hydroxylation is 1. The Labute approximate surface area is 139 Å². The summed E-state index contributed by atoms with van der Waals surface area (Å²) in [7, 11) is 0. The number of nitrogens with zero attached hydrogens (tertiary/aromatic N) is 3. The summed E-state index contributed by atoms with van der Waals surface area (Å²) in [5.41, 5.74) is 0.935. The van der Waals surface area contributed by atoms with E-state index in [0.717, 1.165) is 14.9 Å². The molecule has 0 aliphatic carbocycles. The molecule has 0 spiro atoms. The van der Waals surface area contributed by atoms with Crippen molar-refractivity contribution in [2.24, 2.45) is 5.10 Å². The van der Waals surface area contributed by atoms with Gasteiger partial charge in [0.1, 0.15) is 0 Å². The molecular formula is C14H11BrN4S2. The molecule has 0 radical (unpaired) electrons. The number of hydrogen-bond donors (Lipinski definition) is 1. The Kier molecular flexibility index (Phi) is 4.14. The lowest BCUT2D eigenvalue weighted by atomic mass is 10.2. The topological polar surface area (TPSA) is 46.0 Å². The fourth-order valence-electron chi connectivity index (χ4n) is 1.85. The van der Waals surface area contributed by atoms with Gasteiger partial charge in [-0.1, -0.05) is 28.1 Å². The SMILES string of the molecule is Cc1ccc(/C=N\n2c(-c3ccccc3Br)n[nH]c2=S)s1. The summed E-state index contributed by atoms with van der Waals surface area (Å²) in [6.45, 7) is 2.07. The maximum Gasteiger partial charge on any atom is 0.216 e. The van der Waals surface area contributed by atoms with Crippen molar-refractivity contribution in [2.75, 3.05) is 0 Å². The Hall–Kier alpha value is -1.57. The van der Waals surface area contributed by atoms with Gasteiger partial charge in [0, 0.05) is 19.8 Å². The van der Waals surface area contributed by atoms with E-state index in [9.17, 15) is 0 Å². The molecule has 21 heavy (non-hydrogen) atoms. The summed E-state index contributed by atoms with van der Waals surface area (Å²) in [5.74, 6) is 0.678. The van der Waals surface area contributed by atoms with Crippen molar-refractivity contribution in [3.63, 3.8) is 0 Å². The van der Waals surface area contributed by atoms with Crippen LogP contribution >= 0.6 is 39.5 Å². The fourth-order valence-corrected chi connectivity index (χ4v) is 3.24. The number of aromatic nitrogens is 3. The molecule has 0 aliphatic rings. The van der Waals surface area contributed by atoms with Crippen molar-refractivity contribution in [3.05, 3.63) is 55.4 Å². The Bertz CT molecular complexity index is 860. The molecule has 3 rings (SSSR count). The lowest BCUT2D eigenvalue weighted by Crippen LogP contribution is -1.95. The molecule has 106 valence electrons. The van der Waals surface area contributed by atoms with Crippen LogP contribution in [0.5, 0.6) is 0 Å². The van der Waals surface area contributed by atoms with Crippen LogP contribution in [0.4, 0.5) is 0 Å². The minimum absolute atomic E-state index is 0.463. The number of nitrogens with one attached hydrogen (secondary N) is 1. The number of H-pyrrole nitrogens is 1. The molecule has 0 saturated carbocycles. The second-order valence-electron chi connectivity index (χ2n) is 4.34. The lowest BCUT2D eigenvalue weighted by molar-refractivity contribution is 0.871. The Morgan fingerprint density at radius 3 is 2.86 bits per heavy atom. The third kappa shape index (κ3) is 3.04. The van der Waals surface area contributed by atoms with E-state index in [1.807, 2.05) is 30.3 Å². The van der Waals surface area contributed by atoms with Crippen LogP contribution in [0.15, 0.2) is 46.0 Å². The second kappa shape index (κ2) is 6.05. The minimum atomic E-state index is 0.463. The maximum atomic E-state index is 5.26. The number of hydrogen-bond acceptors (Lipinski definition) is 4. The van der Waals surface area contributed by atoms with Crippen LogP contribution in [0, 0.1) is 11.7 Å². The smallest absolute Gasteiger partial charge is 0.216 e. The highest BCUT2D eigenvalue weighted by atomic mass is 79.9. The molecule has 1 N–H and O–H groups in total. The molecule has 4 nitrogen and oxygen atoms in total. The predicted molar refractivity (Wildman–Crippen MR) is 92.6 cm³/mol. The zero-order valence-electron chi connectivity index (χ0n) is 11.1. The highest BCUT2D eigenvalue weighted by molar-refractivity contribution is 9.10. The van der Waals surface area contributed by atoms with E-state index in [1.165, 1.54) is 4.88 Å². The highest BCUT2D eigenvalue weighted by Gasteiger charge is 2.10. The maximum absolute atomic E-state index is 5.26. The first-order chi connectivity index (χ1) is 10.1. The Morgan fingerprint density at radius 2 is 2.14 bits per heavy atom. The van der Waals surface area contributed by atoms with Crippen LogP contribution in [0.1, 0.15) is 9.75 Å². The molecule has 0 saturated heterocycles. The van der Waals surface area contributed by atoms with E-state index >= 15 is 0 Å². The van der Waals surface area contributed by atoms with E-state index < -0.39 is 0 Å². The highest BCUT2D eigenvalue weighted by Crippen LogP contribution is 2.26. The number of aromatic amines is 1. The van der Waals surface area contributed by atoms with Gasteiger partial charge in [-0.05, 0) is 43.4 Å². The van der Waals surface area contributed by atoms with E-state index in [0.29, 0.717) is 10.6 Å². The zero-order valence-corrected chi connectivity index (χ0v) is 14.3. The molecule has 0 unspecified atom stereocenters. The Balaban J connectivity index is 2.04. The van der Waals surface area contributed by atoms with Gasteiger partial charge in [-0.15, -0.1) is 11.3 Å². The van der Waals surface area contributed by atoms with Crippen molar-refractivity contribution in [1.82, 2.24) is 14.9 Å². The van der Waals surface area contributed by atoms with Crippen LogP contribution < -0.4 is 0 Å². The van der Waals surface area contributed by atoms with Crippen LogP contribution in [0.25, 0.3) is 11.4 Å². The van der Waals surface area contributed by atoms with Crippen LogP contribution in [0.2, 0.25) is 0 Å². The average Bonchev–Trinajstić information content (AvgIpc) is 3.04. The van der Waals surface area contributed by atoms with Gasteiger partial charge in [-0.3, -0.25) is 0 Å². The monoisotopic (exact) mass is 378 g/mol. The van der Waals surface area contributed by atoms with Gasteiger partial charge < -0.3 is 0 Å². The molecule has 0 atom stereocenters. The minimum Gasteiger partial charge on any atom is -0.250 e. The first-order valence-electron chi connectivity index (χ1n) is 6.18. The van der Waals surface area contributed by atoms with E-state index in [2.05, 4.69) is 44.2 Å². The van der Waals surface area contributed by atoms with Gasteiger partial charge in [0.05, 0.1) is 6.21 Å². The van der Waals surface area contributed by atoms with Gasteiger partial charge >= 0.3 is 0 Å². The lowest BCUT2D eigenvalue weighted by Gasteiger charge is -2.02. The van der Waals surface area contributed by atoms with Crippen molar-refractivity contribution < 1.29 is 0 Å². The van der Waals surface area contributed by atoms with E-state index in [4.69, 9.17) is 12.2 Å². The van der Waals surface area contributed by atoms with Crippen molar-refractivity contribution >= 4 is 45.7 Å². The van der Waals surface area contributed by atoms with Crippen molar-refractivity contribution in [2.45, 2.75) is 6.92 Å². The summed E-state index contributed by atoms with van der Waals surface area (Å²) < 4.78 is 3.04. The molecule has 0 aliphatic heterocycles. The number of halogens is 1. The summed E-state index contributed by atoms with van der Waals surface area (Å²) in [6.07, 6.45) is 1.79. The molecule has 7 heteroatoms. The summed E-state index contributed by atoms with van der Waals surface area (Å²) in [5, 5.41) is 11.5. The first kappa shape index (κ1) is 14.4.